The third kappa shape index (κ3) is 4.50. The Balaban J connectivity index is 1.72. The lowest BCUT2D eigenvalue weighted by atomic mass is 9.97. The van der Waals surface area contributed by atoms with Crippen molar-refractivity contribution in [2.75, 3.05) is 30.5 Å². The van der Waals surface area contributed by atoms with Crippen LogP contribution in [0.2, 0.25) is 5.15 Å². The number of aliphatic hydroxyl groups is 2. The van der Waals surface area contributed by atoms with Crippen molar-refractivity contribution < 1.29 is 19.4 Å². The molecule has 0 radical (unpaired) electrons. The number of aliphatic hydroxyl groups excluding tert-OH is 2. The largest absolute Gasteiger partial charge is 0.396 e. The molecule has 8 nitrogen and oxygen atoms in total. The Hall–Kier alpha value is -2.14. The maximum absolute atomic E-state index is 12.7. The predicted octanol–water partition coefficient (Wildman–Crippen LogP) is 2.81. The molecule has 2 heterocycles. The number of hydrogen-bond acceptors (Lipinski definition) is 9. The van der Waals surface area contributed by atoms with Gasteiger partial charge in [-0.1, -0.05) is 24.6 Å². The van der Waals surface area contributed by atoms with Crippen molar-refractivity contribution in [2.24, 2.45) is 17.8 Å². The fraction of sp³-hybridized carbons (Fsp3) is 0.524. The van der Waals surface area contributed by atoms with Crippen LogP contribution < -0.4 is 10.6 Å². The molecule has 172 valence electrons. The fourth-order valence-corrected chi connectivity index (χ4v) is 5.76. The molecule has 2 aliphatic carbocycles. The van der Waals surface area contributed by atoms with Crippen molar-refractivity contribution in [2.45, 2.75) is 31.9 Å². The van der Waals surface area contributed by atoms with Crippen LogP contribution in [0.3, 0.4) is 0 Å². The Morgan fingerprint density at radius 1 is 1.38 bits per heavy atom. The number of rotatable bonds is 8. The zero-order valence-electron chi connectivity index (χ0n) is 17.5. The summed E-state index contributed by atoms with van der Waals surface area (Å²) in [5.74, 6) is -0.143. The minimum Gasteiger partial charge on any atom is -0.396 e. The van der Waals surface area contributed by atoms with Crippen LogP contribution in [0.25, 0.3) is 16.6 Å². The number of fused-ring (bicyclic) bond motifs is 1. The Kier molecular flexibility index (Phi) is 7.04. The Labute approximate surface area is 194 Å². The van der Waals surface area contributed by atoms with Crippen LogP contribution in [-0.2, 0) is 11.2 Å². The number of nitrogens with zero attached hydrogens (tertiary/aromatic N) is 3. The van der Waals surface area contributed by atoms with Gasteiger partial charge in [0.05, 0.1) is 23.4 Å². The van der Waals surface area contributed by atoms with Crippen molar-refractivity contribution >= 4 is 47.1 Å². The van der Waals surface area contributed by atoms with E-state index in [1.54, 1.807) is 0 Å². The first kappa shape index (κ1) is 23.0. The molecule has 11 heteroatoms. The molecule has 4 N–H and O–H groups in total. The van der Waals surface area contributed by atoms with Gasteiger partial charge in [0, 0.05) is 23.9 Å². The smallest absolute Gasteiger partial charge is 0.226 e. The summed E-state index contributed by atoms with van der Waals surface area (Å²) in [6, 6.07) is -0.532. The van der Waals surface area contributed by atoms with Gasteiger partial charge in [0.2, 0.25) is 5.95 Å². The number of nitrogens with one attached hydrogen (secondary N) is 2. The number of hydrogen-bond donors (Lipinski definition) is 4. The fourth-order valence-electron chi connectivity index (χ4n) is 4.21. The molecule has 2 aromatic heterocycles. The molecule has 2 aliphatic rings. The third-order valence-electron chi connectivity index (χ3n) is 5.90. The number of halogens is 2. The first-order valence-electron chi connectivity index (χ1n) is 10.5. The second-order valence-electron chi connectivity index (χ2n) is 8.18. The van der Waals surface area contributed by atoms with Crippen molar-refractivity contribution in [1.29, 1.82) is 0 Å². The van der Waals surface area contributed by atoms with Gasteiger partial charge >= 0.3 is 0 Å². The highest BCUT2D eigenvalue weighted by molar-refractivity contribution is 7.15. The van der Waals surface area contributed by atoms with E-state index in [4.69, 9.17) is 16.6 Å². The van der Waals surface area contributed by atoms with Gasteiger partial charge in [0.15, 0.2) is 0 Å². The molecule has 0 spiro atoms. The normalized spacial score (nSPS) is 26.7. The lowest BCUT2D eigenvalue weighted by Gasteiger charge is -2.21. The topological polar surface area (TPSA) is 120 Å². The standard InChI is InChI=1S/C21H25ClFN5O3S/c1-10-2-3-13-15(6-10)32-20(26-13)16-18(22)27-21(24-5-4-23)28-19(16)25-14-7-11(8-29)12(9-30)17(14)31/h2-3,9-12,14,17,29,31H,4-8H2,1H3,(H2,24,25,27,28). The summed E-state index contributed by atoms with van der Waals surface area (Å²) in [4.78, 5) is 26.0. The summed E-state index contributed by atoms with van der Waals surface area (Å²) in [7, 11) is 0. The lowest BCUT2D eigenvalue weighted by Crippen LogP contribution is -2.33. The summed E-state index contributed by atoms with van der Waals surface area (Å²) in [6.45, 7) is 1.35. The number of aldehydes is 1. The number of anilines is 2. The van der Waals surface area contributed by atoms with Crippen LogP contribution in [0, 0.1) is 17.8 Å². The van der Waals surface area contributed by atoms with E-state index in [1.165, 1.54) is 11.3 Å². The van der Waals surface area contributed by atoms with E-state index in [0.29, 0.717) is 35.0 Å². The van der Waals surface area contributed by atoms with Crippen molar-refractivity contribution in [3.8, 4) is 10.6 Å². The quantitative estimate of drug-likeness (QED) is 0.335. The molecular formula is C21H25ClFN5O3S. The van der Waals surface area contributed by atoms with Gasteiger partial charge < -0.3 is 25.6 Å². The van der Waals surface area contributed by atoms with Crippen molar-refractivity contribution in [1.82, 2.24) is 15.0 Å². The molecule has 5 atom stereocenters. The summed E-state index contributed by atoms with van der Waals surface area (Å²) < 4.78 is 12.7. The first-order chi connectivity index (χ1) is 15.4. The van der Waals surface area contributed by atoms with Crippen LogP contribution in [0.5, 0.6) is 0 Å². The Morgan fingerprint density at radius 2 is 2.19 bits per heavy atom. The number of carbonyl (C=O) groups excluding carboxylic acids is 1. The van der Waals surface area contributed by atoms with E-state index in [-0.39, 0.29) is 30.2 Å². The molecule has 0 aromatic carbocycles. The van der Waals surface area contributed by atoms with Crippen LogP contribution >= 0.6 is 22.9 Å². The van der Waals surface area contributed by atoms with Gasteiger partial charge in [-0.25, -0.2) is 14.4 Å². The predicted molar refractivity (Wildman–Crippen MR) is 123 cm³/mol. The highest BCUT2D eigenvalue weighted by Gasteiger charge is 2.42. The molecule has 0 amide bonds. The maximum Gasteiger partial charge on any atom is 0.226 e. The minimum absolute atomic E-state index is 0.0230. The van der Waals surface area contributed by atoms with Gasteiger partial charge in [-0.15, -0.1) is 11.3 Å². The molecule has 32 heavy (non-hydrogen) atoms. The molecular weight excluding hydrogens is 457 g/mol. The molecule has 5 unspecified atom stereocenters. The van der Waals surface area contributed by atoms with E-state index < -0.39 is 24.7 Å². The third-order valence-corrected chi connectivity index (χ3v) is 7.28. The van der Waals surface area contributed by atoms with E-state index >= 15 is 0 Å². The molecule has 1 saturated carbocycles. The minimum atomic E-state index is -0.998. The average Bonchev–Trinajstić information content (AvgIpc) is 3.31. The Morgan fingerprint density at radius 3 is 2.88 bits per heavy atom. The van der Waals surface area contributed by atoms with E-state index in [1.807, 2.05) is 6.08 Å². The second-order valence-corrected chi connectivity index (χ2v) is 9.62. The molecule has 0 saturated heterocycles. The molecule has 0 bridgehead atoms. The van der Waals surface area contributed by atoms with Crippen LogP contribution in [0.1, 0.15) is 23.9 Å². The first-order valence-corrected chi connectivity index (χ1v) is 11.7. The van der Waals surface area contributed by atoms with Gasteiger partial charge in [0.1, 0.15) is 28.9 Å². The van der Waals surface area contributed by atoms with Gasteiger partial charge in [-0.05, 0) is 30.8 Å². The van der Waals surface area contributed by atoms with E-state index in [0.717, 1.165) is 17.0 Å². The van der Waals surface area contributed by atoms with Gasteiger partial charge in [0.25, 0.3) is 0 Å². The lowest BCUT2D eigenvalue weighted by molar-refractivity contribution is -0.115. The average molecular weight is 482 g/mol. The molecule has 2 aromatic rings. The second kappa shape index (κ2) is 9.78. The maximum atomic E-state index is 12.7. The van der Waals surface area contributed by atoms with Gasteiger partial charge in [-0.3, -0.25) is 0 Å². The number of thiazole rings is 1. The number of alkyl halides is 1. The van der Waals surface area contributed by atoms with Crippen LogP contribution in [-0.4, -0.2) is 63.4 Å². The monoisotopic (exact) mass is 481 g/mol. The van der Waals surface area contributed by atoms with Crippen molar-refractivity contribution in [3.63, 3.8) is 0 Å². The summed E-state index contributed by atoms with van der Waals surface area (Å²) in [5.41, 5.74) is 1.37. The molecule has 4 rings (SSSR count). The number of carbonyl (C=O) groups is 1. The van der Waals surface area contributed by atoms with Crippen molar-refractivity contribution in [3.05, 3.63) is 21.8 Å². The summed E-state index contributed by atoms with van der Waals surface area (Å²) >= 11 is 8.05. The molecule has 1 fully saturated rings. The van der Waals surface area contributed by atoms with Crippen LogP contribution in [0.4, 0.5) is 16.2 Å². The van der Waals surface area contributed by atoms with E-state index in [9.17, 15) is 19.4 Å². The zero-order valence-corrected chi connectivity index (χ0v) is 19.0. The summed E-state index contributed by atoms with van der Waals surface area (Å²) in [6.07, 6.45) is 5.03. The van der Waals surface area contributed by atoms with E-state index in [2.05, 4.69) is 33.6 Å². The molecule has 0 aliphatic heterocycles. The van der Waals surface area contributed by atoms with Crippen LogP contribution in [0.15, 0.2) is 6.08 Å². The SMILES string of the molecule is CC1C=Cc2nc(-c3c(Cl)nc(NCCF)nc3NC3CC(CO)C(C=O)C3O)sc2C1. The zero-order chi connectivity index (χ0) is 22.8. The number of allylic oxidation sites excluding steroid dienone is 1. The highest BCUT2D eigenvalue weighted by Crippen LogP contribution is 2.41. The summed E-state index contributed by atoms with van der Waals surface area (Å²) in [5, 5.41) is 27.0. The van der Waals surface area contributed by atoms with Gasteiger partial charge in [-0.2, -0.15) is 4.98 Å². The Bertz CT molecular complexity index is 1020. The highest BCUT2D eigenvalue weighted by atomic mass is 35.5. The number of aromatic nitrogens is 3.